The maximum Gasteiger partial charge on any atom is 0.253 e. The Morgan fingerprint density at radius 1 is 1.33 bits per heavy atom. The molecular formula is C14H21ClN2O. The van der Waals surface area contributed by atoms with Gasteiger partial charge in [-0.1, -0.05) is 17.7 Å². The van der Waals surface area contributed by atoms with Crippen molar-refractivity contribution in [1.29, 1.82) is 0 Å². The van der Waals surface area contributed by atoms with E-state index in [-0.39, 0.29) is 18.3 Å². The Morgan fingerprint density at radius 3 is 2.61 bits per heavy atom. The van der Waals surface area contributed by atoms with E-state index in [0.717, 1.165) is 31.5 Å². The molecule has 0 bridgehead atoms. The molecule has 2 rings (SSSR count). The maximum absolute atomic E-state index is 12.3. The van der Waals surface area contributed by atoms with E-state index in [1.807, 2.05) is 43.1 Å². The summed E-state index contributed by atoms with van der Waals surface area (Å²) in [6, 6.07) is 8.26. The molecule has 3 nitrogen and oxygen atoms in total. The van der Waals surface area contributed by atoms with E-state index in [1.54, 1.807) is 0 Å². The quantitative estimate of drug-likeness (QED) is 0.892. The molecule has 1 aliphatic heterocycles. The number of nitrogens with zero attached hydrogens (tertiary/aromatic N) is 1. The number of hydrogen-bond donors (Lipinski definition) is 1. The van der Waals surface area contributed by atoms with Crippen LogP contribution in [0.3, 0.4) is 0 Å². The van der Waals surface area contributed by atoms with Gasteiger partial charge in [0.1, 0.15) is 0 Å². The standard InChI is InChI=1S/C14H20N2O.ClH/c1-11-5-7-12(8-6-11)14(17)16-9-3-4-13(10-16)15-2;/h5-8,13,15H,3-4,9-10H2,1-2H3;1H. The lowest BCUT2D eigenvalue weighted by Gasteiger charge is -2.32. The van der Waals surface area contributed by atoms with E-state index in [1.165, 1.54) is 5.56 Å². The summed E-state index contributed by atoms with van der Waals surface area (Å²) in [5.74, 6) is 0.157. The van der Waals surface area contributed by atoms with Crippen LogP contribution in [-0.4, -0.2) is 37.0 Å². The lowest BCUT2D eigenvalue weighted by Crippen LogP contribution is -2.46. The summed E-state index contributed by atoms with van der Waals surface area (Å²) in [5, 5.41) is 3.26. The molecular weight excluding hydrogens is 248 g/mol. The van der Waals surface area contributed by atoms with Crippen molar-refractivity contribution >= 4 is 18.3 Å². The van der Waals surface area contributed by atoms with Crippen molar-refractivity contribution in [3.05, 3.63) is 35.4 Å². The summed E-state index contributed by atoms with van der Waals surface area (Å²) in [7, 11) is 1.96. The van der Waals surface area contributed by atoms with Crippen LogP contribution in [-0.2, 0) is 0 Å². The second-order valence-corrected chi connectivity index (χ2v) is 4.75. The number of rotatable bonds is 2. The highest BCUT2D eigenvalue weighted by atomic mass is 35.5. The normalized spacial score (nSPS) is 19.2. The number of likely N-dealkylation sites (N-methyl/N-ethyl adjacent to an activating group) is 1. The molecule has 1 saturated heterocycles. The average molecular weight is 269 g/mol. The fraction of sp³-hybridized carbons (Fsp3) is 0.500. The van der Waals surface area contributed by atoms with Gasteiger partial charge in [-0.25, -0.2) is 0 Å². The van der Waals surface area contributed by atoms with Gasteiger partial charge >= 0.3 is 0 Å². The van der Waals surface area contributed by atoms with Crippen molar-refractivity contribution in [2.24, 2.45) is 0 Å². The Morgan fingerprint density at radius 2 is 2.00 bits per heavy atom. The topological polar surface area (TPSA) is 32.3 Å². The van der Waals surface area contributed by atoms with Crippen molar-refractivity contribution in [1.82, 2.24) is 10.2 Å². The molecule has 1 unspecified atom stereocenters. The Balaban J connectivity index is 0.00000162. The average Bonchev–Trinajstić information content (AvgIpc) is 2.39. The molecule has 1 aromatic rings. The Kier molecular flexibility index (Phi) is 5.63. The van der Waals surface area contributed by atoms with Gasteiger partial charge in [-0.15, -0.1) is 12.4 Å². The van der Waals surface area contributed by atoms with Crippen LogP contribution < -0.4 is 5.32 Å². The molecule has 100 valence electrons. The Labute approximate surface area is 115 Å². The molecule has 1 heterocycles. The molecule has 0 saturated carbocycles. The second kappa shape index (κ2) is 6.76. The van der Waals surface area contributed by atoms with Crippen molar-refractivity contribution in [2.75, 3.05) is 20.1 Å². The third-order valence-corrected chi connectivity index (χ3v) is 3.42. The molecule has 0 spiro atoms. The number of carbonyl (C=O) groups excluding carboxylic acids is 1. The van der Waals surface area contributed by atoms with Crippen LogP contribution in [0.25, 0.3) is 0 Å². The number of nitrogens with one attached hydrogen (secondary N) is 1. The first-order valence-electron chi connectivity index (χ1n) is 6.24. The van der Waals surface area contributed by atoms with Crippen LogP contribution in [0.2, 0.25) is 0 Å². The van der Waals surface area contributed by atoms with E-state index in [9.17, 15) is 4.79 Å². The van der Waals surface area contributed by atoms with E-state index in [4.69, 9.17) is 0 Å². The van der Waals surface area contributed by atoms with E-state index in [0.29, 0.717) is 6.04 Å². The van der Waals surface area contributed by atoms with Crippen LogP contribution in [0, 0.1) is 6.92 Å². The highest BCUT2D eigenvalue weighted by Gasteiger charge is 2.23. The molecule has 1 aliphatic rings. The molecule has 1 N–H and O–H groups in total. The highest BCUT2D eigenvalue weighted by molar-refractivity contribution is 5.94. The van der Waals surface area contributed by atoms with Gasteiger partial charge in [0.25, 0.3) is 5.91 Å². The third kappa shape index (κ3) is 3.47. The molecule has 4 heteroatoms. The smallest absolute Gasteiger partial charge is 0.253 e. The molecule has 1 amide bonds. The minimum atomic E-state index is 0. The van der Waals surface area contributed by atoms with Gasteiger partial charge < -0.3 is 10.2 Å². The lowest BCUT2D eigenvalue weighted by molar-refractivity contribution is 0.0698. The van der Waals surface area contributed by atoms with Crippen LogP contribution >= 0.6 is 12.4 Å². The zero-order valence-corrected chi connectivity index (χ0v) is 11.8. The molecule has 18 heavy (non-hydrogen) atoms. The minimum Gasteiger partial charge on any atom is -0.337 e. The van der Waals surface area contributed by atoms with E-state index < -0.39 is 0 Å². The second-order valence-electron chi connectivity index (χ2n) is 4.75. The predicted molar refractivity (Wildman–Crippen MR) is 76.4 cm³/mol. The number of likely N-dealkylation sites (tertiary alicyclic amines) is 1. The van der Waals surface area contributed by atoms with Crippen molar-refractivity contribution in [3.8, 4) is 0 Å². The zero-order valence-electron chi connectivity index (χ0n) is 11.0. The minimum absolute atomic E-state index is 0. The van der Waals surface area contributed by atoms with Gasteiger partial charge in [-0.3, -0.25) is 4.79 Å². The first-order chi connectivity index (χ1) is 8.20. The van der Waals surface area contributed by atoms with Crippen LogP contribution in [0.4, 0.5) is 0 Å². The summed E-state index contributed by atoms with van der Waals surface area (Å²) in [6.45, 7) is 3.74. The molecule has 0 aliphatic carbocycles. The summed E-state index contributed by atoms with van der Waals surface area (Å²) < 4.78 is 0. The maximum atomic E-state index is 12.3. The molecule has 1 atom stereocenters. The van der Waals surface area contributed by atoms with Gasteiger partial charge in [0.2, 0.25) is 0 Å². The first kappa shape index (κ1) is 15.0. The van der Waals surface area contributed by atoms with Crippen LogP contribution in [0.1, 0.15) is 28.8 Å². The highest BCUT2D eigenvalue weighted by Crippen LogP contribution is 2.14. The number of hydrogen-bond acceptors (Lipinski definition) is 2. The number of piperidine rings is 1. The number of aryl methyl sites for hydroxylation is 1. The summed E-state index contributed by atoms with van der Waals surface area (Å²) >= 11 is 0. The molecule has 0 radical (unpaired) electrons. The number of amides is 1. The molecule has 1 aromatic carbocycles. The van der Waals surface area contributed by atoms with Crippen molar-refractivity contribution < 1.29 is 4.79 Å². The molecule has 0 aromatic heterocycles. The van der Waals surface area contributed by atoms with Gasteiger partial charge in [0, 0.05) is 24.7 Å². The van der Waals surface area contributed by atoms with Gasteiger partial charge in [0.15, 0.2) is 0 Å². The Bertz CT molecular complexity index is 391. The van der Waals surface area contributed by atoms with Crippen molar-refractivity contribution in [3.63, 3.8) is 0 Å². The van der Waals surface area contributed by atoms with E-state index >= 15 is 0 Å². The summed E-state index contributed by atoms with van der Waals surface area (Å²) in [5.41, 5.74) is 1.99. The largest absolute Gasteiger partial charge is 0.337 e. The number of carbonyl (C=O) groups is 1. The van der Waals surface area contributed by atoms with Crippen molar-refractivity contribution in [2.45, 2.75) is 25.8 Å². The van der Waals surface area contributed by atoms with Gasteiger partial charge in [-0.05, 0) is 38.9 Å². The third-order valence-electron chi connectivity index (χ3n) is 3.42. The van der Waals surface area contributed by atoms with E-state index in [2.05, 4.69) is 5.32 Å². The lowest BCUT2D eigenvalue weighted by atomic mass is 10.0. The number of benzene rings is 1. The fourth-order valence-corrected chi connectivity index (χ4v) is 2.28. The number of halogens is 1. The predicted octanol–water partition coefficient (Wildman–Crippen LogP) is 2.24. The summed E-state index contributed by atoms with van der Waals surface area (Å²) in [6.07, 6.45) is 2.25. The fourth-order valence-electron chi connectivity index (χ4n) is 2.28. The Hall–Kier alpha value is -1.06. The van der Waals surface area contributed by atoms with Gasteiger partial charge in [0.05, 0.1) is 0 Å². The summed E-state index contributed by atoms with van der Waals surface area (Å²) in [4.78, 5) is 14.2. The SMILES string of the molecule is CNC1CCCN(C(=O)c2ccc(C)cc2)C1.Cl. The van der Waals surface area contributed by atoms with Gasteiger partial charge in [-0.2, -0.15) is 0 Å². The van der Waals surface area contributed by atoms with Crippen LogP contribution in [0.5, 0.6) is 0 Å². The zero-order chi connectivity index (χ0) is 12.3. The first-order valence-corrected chi connectivity index (χ1v) is 6.24. The monoisotopic (exact) mass is 268 g/mol. The molecule has 1 fully saturated rings. The van der Waals surface area contributed by atoms with Crippen LogP contribution in [0.15, 0.2) is 24.3 Å².